The molecule has 2 saturated heterocycles. The van der Waals surface area contributed by atoms with E-state index < -0.39 is 0 Å². The molecule has 3 atom stereocenters. The smallest absolute Gasteiger partial charge is 0.0703 e. The Balaban J connectivity index is 1.69. The van der Waals surface area contributed by atoms with E-state index >= 15 is 0 Å². The highest BCUT2D eigenvalue weighted by atomic mass is 16.5. The average Bonchev–Trinajstić information content (AvgIpc) is 3.05. The van der Waals surface area contributed by atoms with Crippen LogP contribution in [0.4, 0.5) is 0 Å². The van der Waals surface area contributed by atoms with Crippen LogP contribution < -0.4 is 5.73 Å². The molecule has 1 aliphatic carbocycles. The number of hydrogen-bond acceptors (Lipinski definition) is 4. The summed E-state index contributed by atoms with van der Waals surface area (Å²) in [6.45, 7) is 9.70. The Bertz CT molecular complexity index is 328. The van der Waals surface area contributed by atoms with Gasteiger partial charge in [0.2, 0.25) is 0 Å². The molecule has 3 aliphatic rings. The lowest BCUT2D eigenvalue weighted by atomic mass is 9.93. The number of ether oxygens (including phenoxy) is 1. The molecule has 4 heteroatoms. The molecule has 0 aromatic carbocycles. The fraction of sp³-hybridized carbons (Fsp3) is 1.00. The summed E-state index contributed by atoms with van der Waals surface area (Å²) in [5.41, 5.74) is 6.44. The Morgan fingerprint density at radius 1 is 1.35 bits per heavy atom. The first-order valence-corrected chi connectivity index (χ1v) is 8.51. The molecule has 0 spiro atoms. The van der Waals surface area contributed by atoms with Crippen LogP contribution in [0.15, 0.2) is 0 Å². The summed E-state index contributed by atoms with van der Waals surface area (Å²) in [6.07, 6.45) is 6.89. The third-order valence-corrected chi connectivity index (χ3v) is 5.61. The maximum Gasteiger partial charge on any atom is 0.0703 e. The molecule has 20 heavy (non-hydrogen) atoms. The van der Waals surface area contributed by atoms with Crippen molar-refractivity contribution in [3.63, 3.8) is 0 Å². The summed E-state index contributed by atoms with van der Waals surface area (Å²) in [4.78, 5) is 5.34. The number of nitrogens with zero attached hydrogens (tertiary/aromatic N) is 2. The molecule has 0 aromatic rings. The van der Waals surface area contributed by atoms with E-state index in [1.54, 1.807) is 0 Å². The van der Waals surface area contributed by atoms with Crippen molar-refractivity contribution in [2.75, 3.05) is 32.8 Å². The summed E-state index contributed by atoms with van der Waals surface area (Å²) >= 11 is 0. The van der Waals surface area contributed by atoms with E-state index in [0.29, 0.717) is 12.1 Å². The molecular formula is C16H31N3O. The number of rotatable bonds is 6. The van der Waals surface area contributed by atoms with Crippen LogP contribution in [0.1, 0.15) is 46.0 Å². The van der Waals surface area contributed by atoms with Crippen molar-refractivity contribution in [1.82, 2.24) is 9.80 Å². The van der Waals surface area contributed by atoms with Crippen LogP contribution in [0.25, 0.3) is 0 Å². The van der Waals surface area contributed by atoms with Crippen molar-refractivity contribution < 1.29 is 4.74 Å². The molecule has 4 nitrogen and oxygen atoms in total. The van der Waals surface area contributed by atoms with E-state index in [1.807, 2.05) is 0 Å². The SMILES string of the molecule is CCN(CC1CCCO1)C1(CN)CC(C)N(C2CC2)C1. The first kappa shape index (κ1) is 14.8. The standard InChI is InChI=1S/C16H31N3O/c1-3-18(10-15-5-4-8-20-15)16(11-17)9-13(2)19(12-16)14-6-7-14/h13-15H,3-12,17H2,1-2H3. The van der Waals surface area contributed by atoms with Gasteiger partial charge in [0, 0.05) is 43.9 Å². The summed E-state index contributed by atoms with van der Waals surface area (Å²) in [5, 5.41) is 0. The van der Waals surface area contributed by atoms with Gasteiger partial charge in [0.25, 0.3) is 0 Å². The molecular weight excluding hydrogens is 250 g/mol. The second-order valence-corrected chi connectivity index (χ2v) is 7.06. The quantitative estimate of drug-likeness (QED) is 0.800. The molecule has 3 unspecified atom stereocenters. The Labute approximate surface area is 123 Å². The highest BCUT2D eigenvalue weighted by molar-refractivity contribution is 5.07. The molecule has 1 saturated carbocycles. The van der Waals surface area contributed by atoms with E-state index in [0.717, 1.165) is 38.8 Å². The number of nitrogens with two attached hydrogens (primary N) is 1. The molecule has 0 radical (unpaired) electrons. The van der Waals surface area contributed by atoms with Gasteiger partial charge in [-0.3, -0.25) is 9.80 Å². The number of likely N-dealkylation sites (N-methyl/N-ethyl adjacent to an activating group) is 1. The van der Waals surface area contributed by atoms with Crippen molar-refractivity contribution >= 4 is 0 Å². The van der Waals surface area contributed by atoms with Gasteiger partial charge in [0.1, 0.15) is 0 Å². The van der Waals surface area contributed by atoms with Gasteiger partial charge in [-0.05, 0) is 45.6 Å². The molecule has 2 N–H and O–H groups in total. The van der Waals surface area contributed by atoms with Gasteiger partial charge in [0.15, 0.2) is 0 Å². The molecule has 116 valence electrons. The highest BCUT2D eigenvalue weighted by Crippen LogP contribution is 2.39. The molecule has 2 aliphatic heterocycles. The third-order valence-electron chi connectivity index (χ3n) is 5.61. The van der Waals surface area contributed by atoms with Crippen molar-refractivity contribution in [3.8, 4) is 0 Å². The maximum atomic E-state index is 6.26. The Hall–Kier alpha value is -0.160. The van der Waals surface area contributed by atoms with Crippen LogP contribution in [0.2, 0.25) is 0 Å². The predicted molar refractivity (Wildman–Crippen MR) is 81.8 cm³/mol. The van der Waals surface area contributed by atoms with E-state index in [2.05, 4.69) is 23.6 Å². The van der Waals surface area contributed by atoms with Crippen molar-refractivity contribution in [2.45, 2.75) is 69.7 Å². The van der Waals surface area contributed by atoms with Crippen molar-refractivity contribution in [1.29, 1.82) is 0 Å². The highest BCUT2D eigenvalue weighted by Gasteiger charge is 2.49. The van der Waals surface area contributed by atoms with Crippen LogP contribution in [0, 0.1) is 0 Å². The third kappa shape index (κ3) is 2.76. The van der Waals surface area contributed by atoms with Crippen LogP contribution >= 0.6 is 0 Å². The van der Waals surface area contributed by atoms with Gasteiger partial charge in [-0.15, -0.1) is 0 Å². The van der Waals surface area contributed by atoms with Gasteiger partial charge >= 0.3 is 0 Å². The average molecular weight is 281 g/mol. The largest absolute Gasteiger partial charge is 0.377 e. The lowest BCUT2D eigenvalue weighted by Gasteiger charge is -2.41. The first-order valence-electron chi connectivity index (χ1n) is 8.51. The summed E-state index contributed by atoms with van der Waals surface area (Å²) in [5.74, 6) is 0. The summed E-state index contributed by atoms with van der Waals surface area (Å²) in [6, 6.07) is 1.53. The minimum absolute atomic E-state index is 0.183. The van der Waals surface area contributed by atoms with Crippen molar-refractivity contribution in [3.05, 3.63) is 0 Å². The van der Waals surface area contributed by atoms with Gasteiger partial charge in [-0.1, -0.05) is 6.92 Å². The monoisotopic (exact) mass is 281 g/mol. The Morgan fingerprint density at radius 3 is 2.70 bits per heavy atom. The molecule has 0 aromatic heterocycles. The topological polar surface area (TPSA) is 41.7 Å². The molecule has 3 fully saturated rings. The predicted octanol–water partition coefficient (Wildman–Crippen LogP) is 1.44. The van der Waals surface area contributed by atoms with E-state index in [-0.39, 0.29) is 5.54 Å². The van der Waals surface area contributed by atoms with Gasteiger partial charge in [-0.25, -0.2) is 0 Å². The summed E-state index contributed by atoms with van der Waals surface area (Å²) < 4.78 is 5.85. The van der Waals surface area contributed by atoms with Gasteiger partial charge < -0.3 is 10.5 Å². The van der Waals surface area contributed by atoms with E-state index in [9.17, 15) is 0 Å². The van der Waals surface area contributed by atoms with Crippen LogP contribution in [0.5, 0.6) is 0 Å². The Morgan fingerprint density at radius 2 is 2.15 bits per heavy atom. The maximum absolute atomic E-state index is 6.26. The lowest BCUT2D eigenvalue weighted by molar-refractivity contribution is 0.0268. The number of hydrogen-bond donors (Lipinski definition) is 1. The Kier molecular flexibility index (Phi) is 4.37. The second-order valence-electron chi connectivity index (χ2n) is 7.06. The fourth-order valence-electron chi connectivity index (χ4n) is 4.32. The minimum atomic E-state index is 0.183. The normalized spacial score (nSPS) is 39.0. The zero-order valence-electron chi connectivity index (χ0n) is 13.2. The van der Waals surface area contributed by atoms with E-state index in [1.165, 1.54) is 32.1 Å². The zero-order valence-corrected chi connectivity index (χ0v) is 13.2. The molecule has 0 amide bonds. The van der Waals surface area contributed by atoms with Crippen LogP contribution in [0.3, 0.4) is 0 Å². The van der Waals surface area contributed by atoms with E-state index in [4.69, 9.17) is 10.5 Å². The number of likely N-dealkylation sites (tertiary alicyclic amines) is 1. The summed E-state index contributed by atoms with van der Waals surface area (Å²) in [7, 11) is 0. The molecule has 2 heterocycles. The van der Waals surface area contributed by atoms with Gasteiger partial charge in [0.05, 0.1) is 6.10 Å². The zero-order chi connectivity index (χ0) is 14.2. The fourth-order valence-corrected chi connectivity index (χ4v) is 4.32. The van der Waals surface area contributed by atoms with Gasteiger partial charge in [-0.2, -0.15) is 0 Å². The second kappa shape index (κ2) is 5.91. The molecule has 3 rings (SSSR count). The van der Waals surface area contributed by atoms with Crippen molar-refractivity contribution in [2.24, 2.45) is 5.73 Å². The van der Waals surface area contributed by atoms with Crippen LogP contribution in [-0.2, 0) is 4.74 Å². The minimum Gasteiger partial charge on any atom is -0.377 e. The lowest BCUT2D eigenvalue weighted by Crippen LogP contribution is -2.57. The van der Waals surface area contributed by atoms with Crippen LogP contribution in [-0.4, -0.2) is 66.3 Å². The first-order chi connectivity index (χ1) is 9.68. The molecule has 0 bridgehead atoms.